The van der Waals surface area contributed by atoms with Crippen LogP contribution in [0, 0.1) is 0 Å². The summed E-state index contributed by atoms with van der Waals surface area (Å²) in [6.45, 7) is 5.50. The summed E-state index contributed by atoms with van der Waals surface area (Å²) in [4.78, 5) is 29.7. The molecule has 0 fully saturated rings. The zero-order valence-electron chi connectivity index (χ0n) is 18.5. The fourth-order valence-corrected chi connectivity index (χ4v) is 3.48. The van der Waals surface area contributed by atoms with Crippen LogP contribution < -0.4 is 4.74 Å². The van der Waals surface area contributed by atoms with Gasteiger partial charge < -0.3 is 14.2 Å². The molecular formula is C25H27NO5. The van der Waals surface area contributed by atoms with Gasteiger partial charge >= 0.3 is 11.9 Å². The first kappa shape index (κ1) is 22.3. The number of rotatable bonds is 6. The SMILES string of the molecule is COC(=O)c1cc(-c2ccccc2CC2(C(=O)OC(C)(C)C)C=CC=N2)ccc1OC. The molecule has 162 valence electrons. The van der Waals surface area contributed by atoms with Crippen molar-refractivity contribution in [3.63, 3.8) is 0 Å². The lowest BCUT2D eigenvalue weighted by Crippen LogP contribution is -2.41. The van der Waals surface area contributed by atoms with Gasteiger partial charge in [-0.1, -0.05) is 30.3 Å². The Balaban J connectivity index is 2.03. The monoisotopic (exact) mass is 421 g/mol. The minimum absolute atomic E-state index is 0.324. The fourth-order valence-electron chi connectivity index (χ4n) is 3.48. The number of esters is 2. The highest BCUT2D eigenvalue weighted by Crippen LogP contribution is 2.34. The Morgan fingerprint density at radius 3 is 2.42 bits per heavy atom. The average molecular weight is 421 g/mol. The summed E-state index contributed by atoms with van der Waals surface area (Å²) in [6.07, 6.45) is 5.47. The van der Waals surface area contributed by atoms with Crippen LogP contribution in [0.5, 0.6) is 5.75 Å². The van der Waals surface area contributed by atoms with Crippen molar-refractivity contribution in [3.8, 4) is 16.9 Å². The third kappa shape index (κ3) is 4.85. The number of nitrogens with zero attached hydrogens (tertiary/aromatic N) is 1. The van der Waals surface area contributed by atoms with E-state index in [4.69, 9.17) is 14.2 Å². The highest BCUT2D eigenvalue weighted by atomic mass is 16.6. The van der Waals surface area contributed by atoms with Crippen molar-refractivity contribution in [3.05, 3.63) is 65.7 Å². The highest BCUT2D eigenvalue weighted by Gasteiger charge is 2.41. The van der Waals surface area contributed by atoms with E-state index in [1.54, 1.807) is 30.5 Å². The molecule has 0 radical (unpaired) electrons. The van der Waals surface area contributed by atoms with Crippen molar-refractivity contribution in [1.82, 2.24) is 0 Å². The summed E-state index contributed by atoms with van der Waals surface area (Å²) in [5.41, 5.74) is 1.17. The van der Waals surface area contributed by atoms with Crippen molar-refractivity contribution in [1.29, 1.82) is 0 Å². The summed E-state index contributed by atoms with van der Waals surface area (Å²) < 4.78 is 15.9. The van der Waals surface area contributed by atoms with Gasteiger partial charge in [-0.25, -0.2) is 9.59 Å². The second-order valence-corrected chi connectivity index (χ2v) is 8.30. The lowest BCUT2D eigenvalue weighted by molar-refractivity contribution is -0.159. The Bertz CT molecular complexity index is 1030. The first-order valence-corrected chi connectivity index (χ1v) is 10.0. The number of hydrogen-bond acceptors (Lipinski definition) is 6. The smallest absolute Gasteiger partial charge is 0.341 e. The predicted molar refractivity (Wildman–Crippen MR) is 120 cm³/mol. The number of allylic oxidation sites excluding steroid dienone is 1. The maximum Gasteiger partial charge on any atom is 0.341 e. The van der Waals surface area contributed by atoms with Gasteiger partial charge in [0.15, 0.2) is 5.54 Å². The van der Waals surface area contributed by atoms with Crippen molar-refractivity contribution >= 4 is 18.2 Å². The van der Waals surface area contributed by atoms with Crippen molar-refractivity contribution in [2.45, 2.75) is 38.3 Å². The van der Waals surface area contributed by atoms with Crippen molar-refractivity contribution in [2.24, 2.45) is 4.99 Å². The number of ether oxygens (including phenoxy) is 3. The molecule has 31 heavy (non-hydrogen) atoms. The molecule has 1 heterocycles. The Kier molecular flexibility index (Phi) is 6.29. The first-order valence-electron chi connectivity index (χ1n) is 10.0. The molecule has 6 heteroatoms. The summed E-state index contributed by atoms with van der Waals surface area (Å²) in [6, 6.07) is 13.1. The second kappa shape index (κ2) is 8.76. The number of carbonyl (C=O) groups excluding carboxylic acids is 2. The van der Waals surface area contributed by atoms with Crippen LogP contribution in [-0.4, -0.2) is 43.5 Å². The van der Waals surface area contributed by atoms with Crippen LogP contribution in [0.25, 0.3) is 11.1 Å². The molecule has 2 aromatic rings. The molecule has 0 spiro atoms. The molecule has 3 rings (SSSR count). The molecule has 0 saturated heterocycles. The molecule has 0 aliphatic carbocycles. The van der Waals surface area contributed by atoms with Crippen LogP contribution in [0.1, 0.15) is 36.7 Å². The summed E-state index contributed by atoms with van der Waals surface area (Å²) >= 11 is 0. The lowest BCUT2D eigenvalue weighted by atomic mass is 9.87. The Morgan fingerprint density at radius 2 is 1.81 bits per heavy atom. The number of aliphatic imine (C=N–C) groups is 1. The van der Waals surface area contributed by atoms with Gasteiger partial charge in [0, 0.05) is 12.6 Å². The molecule has 0 amide bonds. The average Bonchev–Trinajstić information content (AvgIpc) is 3.22. The van der Waals surface area contributed by atoms with Crippen LogP contribution in [0.4, 0.5) is 0 Å². The van der Waals surface area contributed by atoms with E-state index in [-0.39, 0.29) is 0 Å². The number of methoxy groups -OCH3 is 2. The van der Waals surface area contributed by atoms with Gasteiger partial charge in [-0.15, -0.1) is 0 Å². The predicted octanol–water partition coefficient (Wildman–Crippen LogP) is 4.41. The third-order valence-electron chi connectivity index (χ3n) is 4.91. The molecule has 2 aromatic carbocycles. The largest absolute Gasteiger partial charge is 0.496 e. The molecule has 0 saturated carbocycles. The molecule has 1 atom stereocenters. The Morgan fingerprint density at radius 1 is 1.06 bits per heavy atom. The molecule has 0 aromatic heterocycles. The zero-order chi connectivity index (χ0) is 22.6. The molecular weight excluding hydrogens is 394 g/mol. The Labute approximate surface area is 182 Å². The quantitative estimate of drug-likeness (QED) is 0.646. The van der Waals surface area contributed by atoms with Gasteiger partial charge in [0.25, 0.3) is 0 Å². The van der Waals surface area contributed by atoms with E-state index >= 15 is 0 Å². The molecule has 0 N–H and O–H groups in total. The number of carbonyl (C=O) groups is 2. The highest BCUT2D eigenvalue weighted by molar-refractivity contribution is 5.95. The van der Waals surface area contributed by atoms with E-state index in [2.05, 4.69) is 4.99 Å². The van der Waals surface area contributed by atoms with E-state index < -0.39 is 23.1 Å². The van der Waals surface area contributed by atoms with Gasteiger partial charge in [-0.3, -0.25) is 4.99 Å². The molecule has 1 aliphatic rings. The van der Waals surface area contributed by atoms with Crippen molar-refractivity contribution < 1.29 is 23.8 Å². The zero-order valence-corrected chi connectivity index (χ0v) is 18.5. The maximum atomic E-state index is 13.0. The second-order valence-electron chi connectivity index (χ2n) is 8.30. The first-order chi connectivity index (χ1) is 14.7. The number of benzene rings is 2. The normalized spacial score (nSPS) is 17.5. The Hall–Kier alpha value is -3.41. The summed E-state index contributed by atoms with van der Waals surface area (Å²) in [5.74, 6) is -0.448. The third-order valence-corrected chi connectivity index (χ3v) is 4.91. The standard InChI is InChI=1S/C25H27NO5/c1-24(2,3)31-23(28)25(13-8-14-26-25)16-18-9-6-7-10-19(18)17-11-12-21(29-4)20(15-17)22(27)30-5/h6-15H,16H2,1-5H3. The van der Waals surface area contributed by atoms with Gasteiger partial charge in [-0.2, -0.15) is 0 Å². The van der Waals surface area contributed by atoms with Gasteiger partial charge in [0.2, 0.25) is 0 Å². The van der Waals surface area contributed by atoms with E-state index in [0.717, 1.165) is 16.7 Å². The van der Waals surface area contributed by atoms with Crippen molar-refractivity contribution in [2.75, 3.05) is 14.2 Å². The van der Waals surface area contributed by atoms with E-state index in [1.807, 2.05) is 51.1 Å². The van der Waals surface area contributed by atoms with E-state index in [1.165, 1.54) is 14.2 Å². The molecule has 1 unspecified atom stereocenters. The summed E-state index contributed by atoms with van der Waals surface area (Å²) in [5, 5.41) is 0. The van der Waals surface area contributed by atoms with Gasteiger partial charge in [-0.05, 0) is 61.7 Å². The minimum Gasteiger partial charge on any atom is -0.496 e. The van der Waals surface area contributed by atoms with Crippen LogP contribution in [-0.2, 0) is 20.7 Å². The molecule has 1 aliphatic heterocycles. The maximum absolute atomic E-state index is 13.0. The van der Waals surface area contributed by atoms with Gasteiger partial charge in [0.1, 0.15) is 16.9 Å². The number of hydrogen-bond donors (Lipinski definition) is 0. The van der Waals surface area contributed by atoms with Crippen LogP contribution in [0.15, 0.2) is 59.6 Å². The minimum atomic E-state index is -1.12. The van der Waals surface area contributed by atoms with Crippen LogP contribution >= 0.6 is 0 Å². The topological polar surface area (TPSA) is 74.2 Å². The van der Waals surface area contributed by atoms with Crippen LogP contribution in [0.2, 0.25) is 0 Å². The molecule has 0 bridgehead atoms. The molecule has 6 nitrogen and oxygen atoms in total. The van der Waals surface area contributed by atoms with Gasteiger partial charge in [0.05, 0.1) is 14.2 Å². The fraction of sp³-hybridized carbons (Fsp3) is 0.320. The van der Waals surface area contributed by atoms with Crippen LogP contribution in [0.3, 0.4) is 0 Å². The lowest BCUT2D eigenvalue weighted by Gasteiger charge is -2.28. The van der Waals surface area contributed by atoms with E-state index in [9.17, 15) is 9.59 Å². The van der Waals surface area contributed by atoms with E-state index in [0.29, 0.717) is 17.7 Å². The summed E-state index contributed by atoms with van der Waals surface area (Å²) in [7, 11) is 2.84.